The van der Waals surface area contributed by atoms with E-state index in [-0.39, 0.29) is 11.8 Å². The molecule has 1 saturated carbocycles. The van der Waals surface area contributed by atoms with Crippen molar-refractivity contribution in [2.24, 2.45) is 5.92 Å². The number of halogens is 1. The highest BCUT2D eigenvalue weighted by Gasteiger charge is 2.29. The Balaban J connectivity index is 2.60. The Morgan fingerprint density at radius 2 is 2.15 bits per heavy atom. The number of hydrogen-bond donors (Lipinski definition) is 0. The second-order valence-electron chi connectivity index (χ2n) is 3.16. The first kappa shape index (κ1) is 10.8. The largest absolute Gasteiger partial charge is 0.229 e. The Hall–Kier alpha value is -0.240. The van der Waals surface area contributed by atoms with Gasteiger partial charge in [0.2, 0.25) is 10.0 Å². The van der Waals surface area contributed by atoms with E-state index in [0.29, 0.717) is 12.5 Å². The van der Waals surface area contributed by atoms with Crippen molar-refractivity contribution in [1.82, 2.24) is 4.31 Å². The van der Waals surface area contributed by atoms with Crippen molar-refractivity contribution in [3.8, 4) is 12.3 Å². The predicted octanol–water partition coefficient (Wildman–Crippen LogP) is 0.858. The second-order valence-corrected chi connectivity index (χ2v) is 5.71. The molecule has 1 aliphatic rings. The molecule has 0 aromatic heterocycles. The molecular formula is C8H12ClNO2S. The molecule has 1 rings (SSSR count). The molecule has 0 atom stereocenters. The third-order valence-electron chi connectivity index (χ3n) is 1.96. The lowest BCUT2D eigenvalue weighted by Gasteiger charge is -2.17. The Labute approximate surface area is 84.1 Å². The summed E-state index contributed by atoms with van der Waals surface area (Å²) in [6.07, 6.45) is 7.27. The average Bonchev–Trinajstić information content (AvgIpc) is 2.87. The summed E-state index contributed by atoms with van der Waals surface area (Å²) in [5, 5.41) is -0.387. The van der Waals surface area contributed by atoms with Crippen LogP contribution in [0.2, 0.25) is 0 Å². The van der Waals surface area contributed by atoms with E-state index in [2.05, 4.69) is 5.92 Å². The van der Waals surface area contributed by atoms with Gasteiger partial charge in [-0.05, 0) is 18.8 Å². The van der Waals surface area contributed by atoms with E-state index in [0.717, 1.165) is 12.8 Å². The van der Waals surface area contributed by atoms with Gasteiger partial charge in [0.25, 0.3) is 0 Å². The van der Waals surface area contributed by atoms with Crippen LogP contribution in [-0.4, -0.2) is 31.0 Å². The van der Waals surface area contributed by atoms with Gasteiger partial charge in [0.1, 0.15) is 5.21 Å². The van der Waals surface area contributed by atoms with E-state index >= 15 is 0 Å². The van der Waals surface area contributed by atoms with E-state index in [1.54, 1.807) is 0 Å². The maximum Gasteiger partial charge on any atom is 0.229 e. The molecule has 0 radical (unpaired) electrons. The molecule has 0 heterocycles. The van der Waals surface area contributed by atoms with E-state index in [1.807, 2.05) is 0 Å². The van der Waals surface area contributed by atoms with Crippen LogP contribution in [0.1, 0.15) is 12.8 Å². The van der Waals surface area contributed by atoms with Crippen molar-refractivity contribution < 1.29 is 8.42 Å². The fourth-order valence-corrected chi connectivity index (χ4v) is 2.30. The number of sulfonamides is 1. The van der Waals surface area contributed by atoms with Crippen LogP contribution in [0.25, 0.3) is 0 Å². The number of nitrogens with zero attached hydrogens (tertiary/aromatic N) is 1. The molecule has 1 fully saturated rings. The number of hydrogen-bond acceptors (Lipinski definition) is 2. The highest BCUT2D eigenvalue weighted by atomic mass is 35.5. The third kappa shape index (κ3) is 3.18. The van der Waals surface area contributed by atoms with Crippen LogP contribution in [0.15, 0.2) is 0 Å². The van der Waals surface area contributed by atoms with Crippen LogP contribution in [0.3, 0.4) is 0 Å². The maximum absolute atomic E-state index is 11.4. The van der Waals surface area contributed by atoms with E-state index < -0.39 is 10.0 Å². The van der Waals surface area contributed by atoms with Gasteiger partial charge in [-0.15, -0.1) is 18.0 Å². The van der Waals surface area contributed by atoms with Crippen molar-refractivity contribution in [1.29, 1.82) is 0 Å². The van der Waals surface area contributed by atoms with Crippen molar-refractivity contribution >= 4 is 21.6 Å². The van der Waals surface area contributed by atoms with Gasteiger partial charge < -0.3 is 0 Å². The molecule has 0 saturated heterocycles. The molecule has 0 amide bonds. The van der Waals surface area contributed by atoms with Crippen LogP contribution in [-0.2, 0) is 10.0 Å². The highest BCUT2D eigenvalue weighted by molar-refractivity contribution is 7.90. The normalized spacial score (nSPS) is 17.3. The molecule has 5 heteroatoms. The standard InChI is InChI=1S/C8H12ClNO2S/c1-2-5-10(6-8-3-4-8)13(11,12)7-9/h1,8H,3-7H2. The van der Waals surface area contributed by atoms with Gasteiger partial charge >= 0.3 is 0 Å². The number of alkyl halides is 1. The van der Waals surface area contributed by atoms with E-state index in [9.17, 15) is 8.42 Å². The van der Waals surface area contributed by atoms with E-state index in [1.165, 1.54) is 4.31 Å². The van der Waals surface area contributed by atoms with Crippen molar-refractivity contribution in [3.05, 3.63) is 0 Å². The monoisotopic (exact) mass is 221 g/mol. The Kier molecular flexibility index (Phi) is 3.60. The summed E-state index contributed by atoms with van der Waals surface area (Å²) in [7, 11) is -3.32. The number of rotatable bonds is 5. The maximum atomic E-state index is 11.4. The average molecular weight is 222 g/mol. The SMILES string of the molecule is C#CCN(CC1CC1)S(=O)(=O)CCl. The fourth-order valence-electron chi connectivity index (χ4n) is 1.04. The zero-order valence-corrected chi connectivity index (χ0v) is 8.81. The van der Waals surface area contributed by atoms with Crippen LogP contribution < -0.4 is 0 Å². The zero-order chi connectivity index (χ0) is 9.90. The molecule has 1 aliphatic carbocycles. The summed E-state index contributed by atoms with van der Waals surface area (Å²) in [5.74, 6) is 2.82. The smallest absolute Gasteiger partial charge is 0.211 e. The lowest BCUT2D eigenvalue weighted by atomic mass is 10.4. The van der Waals surface area contributed by atoms with Crippen LogP contribution in [0, 0.1) is 18.3 Å². The van der Waals surface area contributed by atoms with Crippen molar-refractivity contribution in [2.75, 3.05) is 18.3 Å². The molecule has 0 spiro atoms. The first-order valence-corrected chi connectivity index (χ1v) is 6.21. The summed E-state index contributed by atoms with van der Waals surface area (Å²) < 4.78 is 24.0. The molecule has 0 aromatic carbocycles. The molecule has 74 valence electrons. The van der Waals surface area contributed by atoms with E-state index in [4.69, 9.17) is 18.0 Å². The third-order valence-corrected chi connectivity index (χ3v) is 4.13. The first-order chi connectivity index (χ1) is 6.10. The van der Waals surface area contributed by atoms with Gasteiger partial charge in [0.15, 0.2) is 0 Å². The molecule has 13 heavy (non-hydrogen) atoms. The molecular weight excluding hydrogens is 210 g/mol. The fraction of sp³-hybridized carbons (Fsp3) is 0.750. The zero-order valence-electron chi connectivity index (χ0n) is 7.24. The molecule has 0 unspecified atom stereocenters. The Bertz CT molecular complexity index is 303. The van der Waals surface area contributed by atoms with Crippen molar-refractivity contribution in [3.63, 3.8) is 0 Å². The Morgan fingerprint density at radius 3 is 2.54 bits per heavy atom. The number of terminal acetylenes is 1. The minimum atomic E-state index is -3.32. The molecule has 0 bridgehead atoms. The van der Waals surface area contributed by atoms with Crippen LogP contribution >= 0.6 is 11.6 Å². The van der Waals surface area contributed by atoms with Crippen molar-refractivity contribution in [2.45, 2.75) is 12.8 Å². The quantitative estimate of drug-likeness (QED) is 0.510. The van der Waals surface area contributed by atoms with Gasteiger partial charge in [-0.1, -0.05) is 5.92 Å². The second kappa shape index (κ2) is 4.32. The van der Waals surface area contributed by atoms with Crippen LogP contribution in [0.4, 0.5) is 0 Å². The molecule has 0 aliphatic heterocycles. The summed E-state index contributed by atoms with van der Waals surface area (Å²) in [6.45, 7) is 0.658. The predicted molar refractivity (Wildman–Crippen MR) is 52.8 cm³/mol. The Morgan fingerprint density at radius 1 is 1.54 bits per heavy atom. The van der Waals surface area contributed by atoms with Gasteiger partial charge in [-0.2, -0.15) is 4.31 Å². The van der Waals surface area contributed by atoms with Gasteiger partial charge in [-0.25, -0.2) is 8.42 Å². The molecule has 0 N–H and O–H groups in total. The lowest BCUT2D eigenvalue weighted by molar-refractivity contribution is 0.433. The summed E-state index contributed by atoms with van der Waals surface area (Å²) in [5.41, 5.74) is 0. The summed E-state index contributed by atoms with van der Waals surface area (Å²) in [6, 6.07) is 0. The first-order valence-electron chi connectivity index (χ1n) is 4.07. The summed E-state index contributed by atoms with van der Waals surface area (Å²) in [4.78, 5) is 0. The lowest BCUT2D eigenvalue weighted by Crippen LogP contribution is -2.33. The molecule has 3 nitrogen and oxygen atoms in total. The van der Waals surface area contributed by atoms with Gasteiger partial charge in [-0.3, -0.25) is 0 Å². The van der Waals surface area contributed by atoms with Gasteiger partial charge in [0.05, 0.1) is 6.54 Å². The minimum Gasteiger partial charge on any atom is -0.211 e. The highest BCUT2D eigenvalue weighted by Crippen LogP contribution is 2.30. The summed E-state index contributed by atoms with van der Waals surface area (Å²) >= 11 is 5.33. The topological polar surface area (TPSA) is 37.4 Å². The molecule has 0 aromatic rings. The van der Waals surface area contributed by atoms with Crippen LogP contribution in [0.5, 0.6) is 0 Å². The van der Waals surface area contributed by atoms with Gasteiger partial charge in [0, 0.05) is 6.54 Å². The minimum absolute atomic E-state index is 0.131.